The van der Waals surface area contributed by atoms with Gasteiger partial charge in [0.1, 0.15) is 0 Å². The summed E-state index contributed by atoms with van der Waals surface area (Å²) in [5.41, 5.74) is 6.30. The molecule has 32 heavy (non-hydrogen) atoms. The molecule has 4 nitrogen and oxygen atoms in total. The lowest BCUT2D eigenvalue weighted by Crippen LogP contribution is -2.13. The molecule has 1 amide bonds. The number of nitrogens with zero attached hydrogens (tertiary/aromatic N) is 2. The summed E-state index contributed by atoms with van der Waals surface area (Å²) in [5, 5.41) is 3.88. The number of carbonyl (C=O) groups excluding carboxylic acids is 1. The first-order valence-corrected chi connectivity index (χ1v) is 10.5. The normalized spacial score (nSPS) is 10.8. The van der Waals surface area contributed by atoms with Crippen molar-refractivity contribution in [3.05, 3.63) is 126 Å². The molecule has 1 N–H and O–H groups in total. The summed E-state index contributed by atoms with van der Waals surface area (Å²) in [6.07, 6.45) is 4.42. The van der Waals surface area contributed by atoms with Crippen molar-refractivity contribution < 1.29 is 4.79 Å². The lowest BCUT2D eigenvalue weighted by atomic mass is 10.0. The molecule has 0 fully saturated rings. The van der Waals surface area contributed by atoms with E-state index in [-0.39, 0.29) is 5.91 Å². The van der Waals surface area contributed by atoms with E-state index >= 15 is 0 Å². The van der Waals surface area contributed by atoms with Gasteiger partial charge in [0.25, 0.3) is 5.91 Å². The van der Waals surface area contributed by atoms with Crippen LogP contribution in [-0.2, 0) is 6.42 Å². The number of anilines is 1. The summed E-state index contributed by atoms with van der Waals surface area (Å²) in [5.74, 6) is -0.150. The van der Waals surface area contributed by atoms with Crippen molar-refractivity contribution in [3.8, 4) is 11.3 Å². The van der Waals surface area contributed by atoms with Crippen LogP contribution in [0.25, 0.3) is 22.2 Å². The van der Waals surface area contributed by atoms with Crippen LogP contribution in [-0.4, -0.2) is 15.9 Å². The van der Waals surface area contributed by atoms with Gasteiger partial charge in [-0.15, -0.1) is 0 Å². The predicted octanol–water partition coefficient (Wildman–Crippen LogP) is 6.14. The Bertz CT molecular complexity index is 1360. The minimum atomic E-state index is -0.150. The molecule has 0 saturated carbocycles. The Morgan fingerprint density at radius 2 is 1.44 bits per heavy atom. The highest BCUT2D eigenvalue weighted by atomic mass is 16.1. The molecule has 0 bridgehead atoms. The number of para-hydroxylation sites is 1. The van der Waals surface area contributed by atoms with Gasteiger partial charge in [-0.1, -0.05) is 60.7 Å². The first-order chi connectivity index (χ1) is 15.8. The Balaban J connectivity index is 1.42. The number of benzene rings is 3. The van der Waals surface area contributed by atoms with Crippen LogP contribution in [0.2, 0.25) is 0 Å². The number of hydrogen-bond acceptors (Lipinski definition) is 3. The van der Waals surface area contributed by atoms with Crippen LogP contribution in [0.4, 0.5) is 5.69 Å². The van der Waals surface area contributed by atoms with Gasteiger partial charge in [-0.2, -0.15) is 0 Å². The number of fused-ring (bicyclic) bond motifs is 1. The maximum Gasteiger partial charge on any atom is 0.256 e. The van der Waals surface area contributed by atoms with Crippen LogP contribution in [0, 0.1) is 0 Å². The Hall–Kier alpha value is -4.31. The van der Waals surface area contributed by atoms with Crippen molar-refractivity contribution in [1.29, 1.82) is 0 Å². The molecule has 0 saturated heterocycles. The van der Waals surface area contributed by atoms with E-state index in [0.29, 0.717) is 5.56 Å². The maximum atomic E-state index is 13.2. The second kappa shape index (κ2) is 8.82. The molecule has 0 aliphatic carbocycles. The van der Waals surface area contributed by atoms with E-state index in [0.717, 1.165) is 34.3 Å². The molecule has 2 aromatic heterocycles. The Morgan fingerprint density at radius 1 is 0.750 bits per heavy atom. The fourth-order valence-corrected chi connectivity index (χ4v) is 3.76. The zero-order chi connectivity index (χ0) is 21.8. The summed E-state index contributed by atoms with van der Waals surface area (Å²) < 4.78 is 0. The van der Waals surface area contributed by atoms with Crippen molar-refractivity contribution in [2.24, 2.45) is 0 Å². The van der Waals surface area contributed by atoms with Gasteiger partial charge < -0.3 is 5.32 Å². The molecular weight excluding hydrogens is 394 g/mol. The minimum Gasteiger partial charge on any atom is -0.322 e. The maximum absolute atomic E-state index is 13.2. The number of rotatable bonds is 5. The first kappa shape index (κ1) is 19.6. The lowest BCUT2D eigenvalue weighted by molar-refractivity contribution is 0.102. The van der Waals surface area contributed by atoms with E-state index in [2.05, 4.69) is 10.3 Å². The van der Waals surface area contributed by atoms with Crippen molar-refractivity contribution in [2.45, 2.75) is 6.42 Å². The van der Waals surface area contributed by atoms with E-state index in [1.165, 1.54) is 11.1 Å². The van der Waals surface area contributed by atoms with E-state index in [1.807, 2.05) is 97.1 Å². The standard InChI is InChI=1S/C28H21N3O/c32-28(30-23-12-10-20(11-13-23)18-21-14-16-29-17-15-21)25-19-27(22-6-2-1-3-7-22)31-26-9-5-4-8-24(25)26/h1-17,19H,18H2,(H,30,32). The molecule has 0 aliphatic heterocycles. The average Bonchev–Trinajstić information content (AvgIpc) is 2.85. The summed E-state index contributed by atoms with van der Waals surface area (Å²) in [4.78, 5) is 22.1. The van der Waals surface area contributed by atoms with Crippen LogP contribution in [0.15, 0.2) is 109 Å². The van der Waals surface area contributed by atoms with Gasteiger partial charge in [-0.3, -0.25) is 9.78 Å². The molecule has 154 valence electrons. The number of hydrogen-bond donors (Lipinski definition) is 1. The third-order valence-electron chi connectivity index (χ3n) is 5.40. The quantitative estimate of drug-likeness (QED) is 0.375. The van der Waals surface area contributed by atoms with E-state index in [4.69, 9.17) is 4.98 Å². The Kier molecular flexibility index (Phi) is 5.41. The van der Waals surface area contributed by atoms with Crippen molar-refractivity contribution in [3.63, 3.8) is 0 Å². The van der Waals surface area contributed by atoms with Crippen molar-refractivity contribution in [1.82, 2.24) is 9.97 Å². The van der Waals surface area contributed by atoms with E-state index in [1.54, 1.807) is 12.4 Å². The Labute approximate surface area is 186 Å². The van der Waals surface area contributed by atoms with Crippen molar-refractivity contribution >= 4 is 22.5 Å². The van der Waals surface area contributed by atoms with E-state index < -0.39 is 0 Å². The van der Waals surface area contributed by atoms with Crippen LogP contribution in [0.1, 0.15) is 21.5 Å². The molecule has 0 radical (unpaired) electrons. The minimum absolute atomic E-state index is 0.150. The summed E-state index contributed by atoms with van der Waals surface area (Å²) >= 11 is 0. The van der Waals surface area contributed by atoms with Gasteiger partial charge in [-0.25, -0.2) is 4.98 Å². The Morgan fingerprint density at radius 3 is 2.22 bits per heavy atom. The number of aromatic nitrogens is 2. The topological polar surface area (TPSA) is 54.9 Å². The number of amides is 1. The second-order valence-electron chi connectivity index (χ2n) is 7.62. The highest BCUT2D eigenvalue weighted by molar-refractivity contribution is 6.13. The predicted molar refractivity (Wildman–Crippen MR) is 129 cm³/mol. The molecule has 3 aromatic carbocycles. The van der Waals surface area contributed by atoms with Crippen LogP contribution >= 0.6 is 0 Å². The second-order valence-corrected chi connectivity index (χ2v) is 7.62. The lowest BCUT2D eigenvalue weighted by Gasteiger charge is -2.11. The summed E-state index contributed by atoms with van der Waals surface area (Å²) in [6.45, 7) is 0. The fourth-order valence-electron chi connectivity index (χ4n) is 3.76. The number of carbonyl (C=O) groups is 1. The highest BCUT2D eigenvalue weighted by Gasteiger charge is 2.14. The molecule has 5 rings (SSSR count). The van der Waals surface area contributed by atoms with Crippen LogP contribution in [0.3, 0.4) is 0 Å². The van der Waals surface area contributed by atoms with Gasteiger partial charge in [0.05, 0.1) is 16.8 Å². The van der Waals surface area contributed by atoms with E-state index in [9.17, 15) is 4.79 Å². The molecule has 4 heteroatoms. The van der Waals surface area contributed by atoms with Gasteiger partial charge in [0.2, 0.25) is 0 Å². The zero-order valence-electron chi connectivity index (χ0n) is 17.4. The van der Waals surface area contributed by atoms with Gasteiger partial charge in [0, 0.05) is 29.0 Å². The molecule has 0 unspecified atom stereocenters. The third-order valence-corrected chi connectivity index (χ3v) is 5.40. The molecule has 0 aliphatic rings. The zero-order valence-corrected chi connectivity index (χ0v) is 17.4. The van der Waals surface area contributed by atoms with Crippen LogP contribution in [0.5, 0.6) is 0 Å². The van der Waals surface area contributed by atoms with Gasteiger partial charge in [0.15, 0.2) is 0 Å². The molecule has 0 spiro atoms. The molecular formula is C28H21N3O. The molecule has 2 heterocycles. The average molecular weight is 415 g/mol. The smallest absolute Gasteiger partial charge is 0.256 e. The molecule has 5 aromatic rings. The monoisotopic (exact) mass is 415 g/mol. The largest absolute Gasteiger partial charge is 0.322 e. The first-order valence-electron chi connectivity index (χ1n) is 10.5. The fraction of sp³-hybridized carbons (Fsp3) is 0.0357. The van der Waals surface area contributed by atoms with Gasteiger partial charge in [-0.05, 0) is 53.9 Å². The van der Waals surface area contributed by atoms with Crippen LogP contribution < -0.4 is 5.32 Å². The number of nitrogens with one attached hydrogen (secondary N) is 1. The summed E-state index contributed by atoms with van der Waals surface area (Å²) in [6, 6.07) is 31.5. The number of pyridine rings is 2. The highest BCUT2D eigenvalue weighted by Crippen LogP contribution is 2.25. The van der Waals surface area contributed by atoms with Crippen molar-refractivity contribution in [2.75, 3.05) is 5.32 Å². The van der Waals surface area contributed by atoms with Gasteiger partial charge >= 0.3 is 0 Å². The third kappa shape index (κ3) is 4.25. The summed E-state index contributed by atoms with van der Waals surface area (Å²) in [7, 11) is 0. The SMILES string of the molecule is O=C(Nc1ccc(Cc2ccncc2)cc1)c1cc(-c2ccccc2)nc2ccccc12. The molecule has 0 atom stereocenters.